The Balaban J connectivity index is 1.71. The van der Waals surface area contributed by atoms with Gasteiger partial charge in [0, 0.05) is 39.3 Å². The summed E-state index contributed by atoms with van der Waals surface area (Å²) in [6.07, 6.45) is 2.04. The number of tetrazole rings is 1. The van der Waals surface area contributed by atoms with Crippen LogP contribution in [-0.4, -0.2) is 25.2 Å². The van der Waals surface area contributed by atoms with E-state index in [-0.39, 0.29) is 0 Å². The van der Waals surface area contributed by atoms with Gasteiger partial charge in [0.05, 0.1) is 0 Å². The fraction of sp³-hybridized carbons (Fsp3) is 0.0625. The van der Waals surface area contributed by atoms with Gasteiger partial charge in [-0.15, -0.1) is 10.2 Å². The molecule has 1 N–H and O–H groups in total. The van der Waals surface area contributed by atoms with E-state index in [2.05, 4.69) is 31.3 Å². The predicted octanol–water partition coefficient (Wildman–Crippen LogP) is 4.18. The van der Waals surface area contributed by atoms with Crippen molar-refractivity contribution in [2.45, 2.75) is 6.54 Å². The Morgan fingerprint density at radius 1 is 1.04 bits per heavy atom. The first kappa shape index (κ1) is 14.2. The molecule has 0 radical (unpaired) electrons. The molecule has 0 amide bonds. The molecular weight excluding hydrogens is 333 g/mol. The summed E-state index contributed by atoms with van der Waals surface area (Å²) in [6, 6.07) is 13.7. The number of hydrogen-bond acceptors (Lipinski definition) is 3. The number of fused-ring (bicyclic) bond motifs is 1. The molecule has 0 saturated heterocycles. The summed E-state index contributed by atoms with van der Waals surface area (Å²) in [5.41, 5.74) is 3.06. The second kappa shape index (κ2) is 5.68. The monoisotopic (exact) mass is 343 g/mol. The highest BCUT2D eigenvalue weighted by Crippen LogP contribution is 2.26. The Morgan fingerprint density at radius 3 is 2.74 bits per heavy atom. The molecule has 0 fully saturated rings. The lowest BCUT2D eigenvalue weighted by Gasteiger charge is -2.08. The smallest absolute Gasteiger partial charge is 0.204 e. The van der Waals surface area contributed by atoms with Crippen LogP contribution >= 0.6 is 23.2 Å². The Labute approximate surface area is 141 Å². The van der Waals surface area contributed by atoms with Crippen molar-refractivity contribution in [1.29, 1.82) is 0 Å². The van der Waals surface area contributed by atoms with Gasteiger partial charge in [-0.3, -0.25) is 0 Å². The zero-order chi connectivity index (χ0) is 15.8. The van der Waals surface area contributed by atoms with Crippen LogP contribution in [0.3, 0.4) is 0 Å². The normalized spacial score (nSPS) is 11.2. The van der Waals surface area contributed by atoms with E-state index >= 15 is 0 Å². The number of hydrogen-bond donors (Lipinski definition) is 1. The van der Waals surface area contributed by atoms with Crippen LogP contribution in [0.15, 0.2) is 48.7 Å². The third-order valence-electron chi connectivity index (χ3n) is 3.73. The Bertz CT molecular complexity index is 975. The molecule has 0 aliphatic rings. The van der Waals surface area contributed by atoms with E-state index in [4.69, 9.17) is 23.2 Å². The quantitative estimate of drug-likeness (QED) is 0.607. The van der Waals surface area contributed by atoms with E-state index in [9.17, 15) is 0 Å². The summed E-state index contributed by atoms with van der Waals surface area (Å²) in [6.45, 7) is 0.682. The lowest BCUT2D eigenvalue weighted by Crippen LogP contribution is -1.98. The van der Waals surface area contributed by atoms with E-state index in [1.165, 1.54) is 0 Å². The van der Waals surface area contributed by atoms with Crippen LogP contribution in [0.1, 0.15) is 5.56 Å². The van der Waals surface area contributed by atoms with Crippen molar-refractivity contribution < 1.29 is 0 Å². The molecule has 2 heterocycles. The summed E-state index contributed by atoms with van der Waals surface area (Å²) in [7, 11) is 0. The third kappa shape index (κ3) is 2.69. The fourth-order valence-corrected chi connectivity index (χ4v) is 3.06. The number of halogens is 2. The SMILES string of the molecule is Clc1ccc(Cn2ccc3cc(-c4nn[nH]n4)ccc32)c(Cl)c1. The lowest BCUT2D eigenvalue weighted by atomic mass is 10.1. The van der Waals surface area contributed by atoms with Crippen molar-refractivity contribution in [1.82, 2.24) is 25.2 Å². The zero-order valence-corrected chi connectivity index (χ0v) is 13.4. The molecule has 2 aromatic carbocycles. The average Bonchev–Trinajstić information content (AvgIpc) is 3.20. The van der Waals surface area contributed by atoms with Crippen molar-refractivity contribution in [2.75, 3.05) is 0 Å². The van der Waals surface area contributed by atoms with E-state index in [1.54, 1.807) is 6.07 Å². The first-order valence-corrected chi connectivity index (χ1v) is 7.73. The van der Waals surface area contributed by atoms with Gasteiger partial charge in [-0.1, -0.05) is 29.3 Å². The highest BCUT2D eigenvalue weighted by atomic mass is 35.5. The lowest BCUT2D eigenvalue weighted by molar-refractivity contribution is 0.837. The Kier molecular flexibility index (Phi) is 3.52. The molecule has 4 rings (SSSR count). The van der Waals surface area contributed by atoms with Gasteiger partial charge in [-0.25, -0.2) is 0 Å². The van der Waals surface area contributed by atoms with Gasteiger partial charge in [0.15, 0.2) is 0 Å². The topological polar surface area (TPSA) is 59.4 Å². The fourth-order valence-electron chi connectivity index (χ4n) is 2.59. The number of nitrogens with zero attached hydrogens (tertiary/aromatic N) is 4. The van der Waals surface area contributed by atoms with Gasteiger partial charge in [0.1, 0.15) is 0 Å². The summed E-state index contributed by atoms with van der Waals surface area (Å²) >= 11 is 12.2. The number of H-pyrrole nitrogens is 1. The van der Waals surface area contributed by atoms with Gasteiger partial charge >= 0.3 is 0 Å². The molecular formula is C16H11Cl2N5. The second-order valence-corrected chi connectivity index (χ2v) is 6.03. The van der Waals surface area contributed by atoms with Crippen LogP contribution in [0.25, 0.3) is 22.3 Å². The average molecular weight is 344 g/mol. The number of aromatic nitrogens is 5. The highest BCUT2D eigenvalue weighted by molar-refractivity contribution is 6.35. The minimum absolute atomic E-state index is 0.584. The highest BCUT2D eigenvalue weighted by Gasteiger charge is 2.08. The molecule has 0 spiro atoms. The largest absolute Gasteiger partial charge is 0.343 e. The third-order valence-corrected chi connectivity index (χ3v) is 4.32. The van der Waals surface area contributed by atoms with Gasteiger partial charge in [0.2, 0.25) is 5.82 Å². The maximum Gasteiger partial charge on any atom is 0.204 e. The van der Waals surface area contributed by atoms with Crippen LogP contribution in [0.4, 0.5) is 0 Å². The van der Waals surface area contributed by atoms with E-state index in [1.807, 2.05) is 36.5 Å². The van der Waals surface area contributed by atoms with Gasteiger partial charge in [-0.2, -0.15) is 5.21 Å². The standard InChI is InChI=1S/C16H11Cl2N5/c17-13-3-1-12(14(18)8-13)9-23-6-5-10-7-11(2-4-15(10)23)16-19-21-22-20-16/h1-8H,9H2,(H,19,20,21,22). The van der Waals surface area contributed by atoms with E-state index < -0.39 is 0 Å². The first-order chi connectivity index (χ1) is 11.2. The second-order valence-electron chi connectivity index (χ2n) is 5.19. The Morgan fingerprint density at radius 2 is 1.96 bits per heavy atom. The van der Waals surface area contributed by atoms with Gasteiger partial charge < -0.3 is 4.57 Å². The van der Waals surface area contributed by atoms with Crippen LogP contribution in [0.2, 0.25) is 10.0 Å². The van der Waals surface area contributed by atoms with Crippen LogP contribution in [0.5, 0.6) is 0 Å². The van der Waals surface area contributed by atoms with Crippen molar-refractivity contribution >= 4 is 34.1 Å². The maximum atomic E-state index is 6.27. The summed E-state index contributed by atoms with van der Waals surface area (Å²) in [4.78, 5) is 0. The van der Waals surface area contributed by atoms with Gasteiger partial charge in [-0.05, 0) is 47.2 Å². The van der Waals surface area contributed by atoms with Crippen molar-refractivity contribution in [3.63, 3.8) is 0 Å². The van der Waals surface area contributed by atoms with E-state index in [0.717, 1.165) is 22.0 Å². The molecule has 0 unspecified atom stereocenters. The van der Waals surface area contributed by atoms with Crippen molar-refractivity contribution in [3.05, 3.63) is 64.3 Å². The van der Waals surface area contributed by atoms with Crippen LogP contribution < -0.4 is 0 Å². The number of rotatable bonds is 3. The van der Waals surface area contributed by atoms with Crippen LogP contribution in [-0.2, 0) is 6.54 Å². The molecule has 2 aromatic heterocycles. The minimum Gasteiger partial charge on any atom is -0.343 e. The molecule has 0 aliphatic carbocycles. The molecule has 4 aromatic rings. The molecule has 7 heteroatoms. The summed E-state index contributed by atoms with van der Waals surface area (Å²) in [5, 5.41) is 16.5. The molecule has 0 saturated carbocycles. The molecule has 0 aliphatic heterocycles. The molecule has 23 heavy (non-hydrogen) atoms. The minimum atomic E-state index is 0.584. The first-order valence-electron chi connectivity index (χ1n) is 6.97. The van der Waals surface area contributed by atoms with Crippen LogP contribution in [0, 0.1) is 0 Å². The number of aromatic amines is 1. The van der Waals surface area contributed by atoms with Gasteiger partial charge in [0.25, 0.3) is 0 Å². The zero-order valence-electron chi connectivity index (χ0n) is 11.9. The summed E-state index contributed by atoms with van der Waals surface area (Å²) < 4.78 is 2.14. The summed E-state index contributed by atoms with van der Waals surface area (Å²) in [5.74, 6) is 0.584. The Hall–Kier alpha value is -2.37. The van der Waals surface area contributed by atoms with E-state index in [0.29, 0.717) is 22.4 Å². The van der Waals surface area contributed by atoms with Crippen molar-refractivity contribution in [3.8, 4) is 11.4 Å². The molecule has 5 nitrogen and oxygen atoms in total. The number of nitrogens with one attached hydrogen (secondary N) is 1. The molecule has 0 atom stereocenters. The number of benzene rings is 2. The molecule has 0 bridgehead atoms. The molecule has 114 valence electrons. The predicted molar refractivity (Wildman–Crippen MR) is 90.7 cm³/mol. The van der Waals surface area contributed by atoms with Crippen molar-refractivity contribution in [2.24, 2.45) is 0 Å². The maximum absolute atomic E-state index is 6.27.